The SMILES string of the molecule is CNCc1cc(-c2cccc(OC(F)(F)F)c2)ccc1Cl. The molecule has 112 valence electrons. The zero-order valence-electron chi connectivity index (χ0n) is 11.2. The zero-order chi connectivity index (χ0) is 15.5. The highest BCUT2D eigenvalue weighted by Gasteiger charge is 2.31. The quantitative estimate of drug-likeness (QED) is 0.888. The van der Waals surface area contributed by atoms with Gasteiger partial charge in [-0.15, -0.1) is 13.2 Å². The molecule has 0 aliphatic heterocycles. The molecule has 0 atom stereocenters. The minimum Gasteiger partial charge on any atom is -0.406 e. The van der Waals surface area contributed by atoms with Gasteiger partial charge in [-0.05, 0) is 48.0 Å². The van der Waals surface area contributed by atoms with Crippen molar-refractivity contribution >= 4 is 11.6 Å². The van der Waals surface area contributed by atoms with Crippen molar-refractivity contribution in [2.75, 3.05) is 7.05 Å². The second kappa shape index (κ2) is 6.37. The van der Waals surface area contributed by atoms with E-state index in [4.69, 9.17) is 11.6 Å². The zero-order valence-corrected chi connectivity index (χ0v) is 11.9. The van der Waals surface area contributed by atoms with Crippen molar-refractivity contribution in [3.63, 3.8) is 0 Å². The van der Waals surface area contributed by atoms with Gasteiger partial charge in [-0.3, -0.25) is 0 Å². The van der Waals surface area contributed by atoms with Crippen LogP contribution in [0.4, 0.5) is 13.2 Å². The van der Waals surface area contributed by atoms with Gasteiger partial charge in [0.15, 0.2) is 0 Å². The van der Waals surface area contributed by atoms with Gasteiger partial charge in [0.2, 0.25) is 0 Å². The Morgan fingerprint density at radius 3 is 2.48 bits per heavy atom. The van der Waals surface area contributed by atoms with Crippen LogP contribution < -0.4 is 10.1 Å². The maximum Gasteiger partial charge on any atom is 0.573 e. The average molecular weight is 316 g/mol. The fourth-order valence-corrected chi connectivity index (χ4v) is 2.14. The summed E-state index contributed by atoms with van der Waals surface area (Å²) in [7, 11) is 1.79. The first-order valence-electron chi connectivity index (χ1n) is 6.18. The van der Waals surface area contributed by atoms with Crippen LogP contribution in [0.15, 0.2) is 42.5 Å². The Bertz CT molecular complexity index is 629. The second-order valence-corrected chi connectivity index (χ2v) is 4.82. The van der Waals surface area contributed by atoms with Gasteiger partial charge >= 0.3 is 6.36 Å². The van der Waals surface area contributed by atoms with Gasteiger partial charge in [0.25, 0.3) is 0 Å². The average Bonchev–Trinajstić information content (AvgIpc) is 2.40. The van der Waals surface area contributed by atoms with Crippen LogP contribution >= 0.6 is 11.6 Å². The largest absolute Gasteiger partial charge is 0.573 e. The van der Waals surface area contributed by atoms with Crippen LogP contribution in [0.5, 0.6) is 5.75 Å². The Morgan fingerprint density at radius 1 is 1.10 bits per heavy atom. The molecule has 2 nitrogen and oxygen atoms in total. The molecule has 0 aliphatic carbocycles. The number of halogens is 4. The van der Waals surface area contributed by atoms with Crippen molar-refractivity contribution in [1.82, 2.24) is 5.32 Å². The highest BCUT2D eigenvalue weighted by Crippen LogP contribution is 2.30. The fraction of sp³-hybridized carbons (Fsp3) is 0.200. The summed E-state index contributed by atoms with van der Waals surface area (Å²) in [6, 6.07) is 11.2. The number of rotatable bonds is 4. The number of nitrogens with one attached hydrogen (secondary N) is 1. The molecule has 2 aromatic carbocycles. The maximum absolute atomic E-state index is 12.2. The molecule has 0 unspecified atom stereocenters. The van der Waals surface area contributed by atoms with E-state index in [0.717, 1.165) is 11.1 Å². The van der Waals surface area contributed by atoms with Gasteiger partial charge in [-0.2, -0.15) is 0 Å². The Labute approximate surface area is 125 Å². The number of alkyl halides is 3. The molecular weight excluding hydrogens is 303 g/mol. The molecule has 0 amide bonds. The third kappa shape index (κ3) is 4.37. The van der Waals surface area contributed by atoms with E-state index in [-0.39, 0.29) is 5.75 Å². The van der Waals surface area contributed by atoms with Crippen molar-refractivity contribution in [2.45, 2.75) is 12.9 Å². The van der Waals surface area contributed by atoms with Gasteiger partial charge in [-0.1, -0.05) is 29.8 Å². The van der Waals surface area contributed by atoms with Crippen molar-refractivity contribution in [3.8, 4) is 16.9 Å². The summed E-state index contributed by atoms with van der Waals surface area (Å²) in [5.74, 6) is -0.245. The molecule has 0 saturated carbocycles. The second-order valence-electron chi connectivity index (χ2n) is 4.41. The first-order chi connectivity index (χ1) is 9.89. The van der Waals surface area contributed by atoms with Gasteiger partial charge in [0.05, 0.1) is 0 Å². The van der Waals surface area contributed by atoms with E-state index in [2.05, 4.69) is 10.1 Å². The lowest BCUT2D eigenvalue weighted by Gasteiger charge is -2.11. The summed E-state index contributed by atoms with van der Waals surface area (Å²) in [6.45, 7) is 0.575. The molecule has 6 heteroatoms. The molecule has 21 heavy (non-hydrogen) atoms. The minimum absolute atomic E-state index is 0.245. The van der Waals surface area contributed by atoms with E-state index < -0.39 is 6.36 Å². The van der Waals surface area contributed by atoms with Crippen molar-refractivity contribution < 1.29 is 17.9 Å². The molecule has 2 rings (SSSR count). The van der Waals surface area contributed by atoms with Crippen molar-refractivity contribution in [2.24, 2.45) is 0 Å². The summed E-state index contributed by atoms with van der Waals surface area (Å²) >= 11 is 6.07. The minimum atomic E-state index is -4.70. The molecule has 0 fully saturated rings. The Hall–Kier alpha value is -1.72. The van der Waals surface area contributed by atoms with E-state index in [9.17, 15) is 13.2 Å². The van der Waals surface area contributed by atoms with Crippen LogP contribution in [0.3, 0.4) is 0 Å². The molecule has 0 saturated heterocycles. The topological polar surface area (TPSA) is 21.3 Å². The predicted octanol–water partition coefficient (Wildman–Crippen LogP) is 4.63. The molecule has 0 aromatic heterocycles. The van der Waals surface area contributed by atoms with Crippen LogP contribution in [0.2, 0.25) is 5.02 Å². The van der Waals surface area contributed by atoms with E-state index in [0.29, 0.717) is 17.1 Å². The first kappa shape index (κ1) is 15.7. The summed E-state index contributed by atoms with van der Waals surface area (Å²) in [5.41, 5.74) is 2.28. The summed E-state index contributed by atoms with van der Waals surface area (Å²) in [4.78, 5) is 0. The molecular formula is C15H13ClF3NO. The number of ether oxygens (including phenoxy) is 1. The fourth-order valence-electron chi connectivity index (χ4n) is 1.95. The number of hydrogen-bond acceptors (Lipinski definition) is 2. The Morgan fingerprint density at radius 2 is 1.81 bits per heavy atom. The number of hydrogen-bond donors (Lipinski definition) is 1. The molecule has 1 N–H and O–H groups in total. The third-order valence-corrected chi connectivity index (χ3v) is 3.18. The van der Waals surface area contributed by atoms with Gasteiger partial charge in [-0.25, -0.2) is 0 Å². The van der Waals surface area contributed by atoms with Crippen LogP contribution in [0.1, 0.15) is 5.56 Å². The molecule has 0 bridgehead atoms. The normalized spacial score (nSPS) is 11.5. The Balaban J connectivity index is 2.34. The van der Waals surface area contributed by atoms with E-state index >= 15 is 0 Å². The lowest BCUT2D eigenvalue weighted by molar-refractivity contribution is -0.274. The van der Waals surface area contributed by atoms with E-state index in [1.165, 1.54) is 18.2 Å². The van der Waals surface area contributed by atoms with Crippen molar-refractivity contribution in [1.29, 1.82) is 0 Å². The molecule has 0 aliphatic rings. The molecule has 0 heterocycles. The lowest BCUT2D eigenvalue weighted by atomic mass is 10.0. The van der Waals surface area contributed by atoms with Gasteiger partial charge in [0, 0.05) is 11.6 Å². The first-order valence-corrected chi connectivity index (χ1v) is 6.56. The predicted molar refractivity (Wildman–Crippen MR) is 76.3 cm³/mol. The van der Waals surface area contributed by atoms with Crippen LogP contribution in [-0.2, 0) is 6.54 Å². The summed E-state index contributed by atoms with van der Waals surface area (Å²) in [5, 5.41) is 3.60. The summed E-state index contributed by atoms with van der Waals surface area (Å²) in [6.07, 6.45) is -4.70. The highest BCUT2D eigenvalue weighted by atomic mass is 35.5. The van der Waals surface area contributed by atoms with Gasteiger partial charge < -0.3 is 10.1 Å². The van der Waals surface area contributed by atoms with Crippen LogP contribution in [0.25, 0.3) is 11.1 Å². The smallest absolute Gasteiger partial charge is 0.406 e. The third-order valence-electron chi connectivity index (χ3n) is 2.81. The van der Waals surface area contributed by atoms with Gasteiger partial charge in [0.1, 0.15) is 5.75 Å². The molecule has 2 aromatic rings. The lowest BCUT2D eigenvalue weighted by Crippen LogP contribution is -2.17. The summed E-state index contributed by atoms with van der Waals surface area (Å²) < 4.78 is 40.7. The van der Waals surface area contributed by atoms with Crippen LogP contribution in [0, 0.1) is 0 Å². The highest BCUT2D eigenvalue weighted by molar-refractivity contribution is 6.31. The number of benzene rings is 2. The maximum atomic E-state index is 12.2. The monoisotopic (exact) mass is 315 g/mol. The van der Waals surface area contributed by atoms with Crippen LogP contribution in [-0.4, -0.2) is 13.4 Å². The Kier molecular flexibility index (Phi) is 4.75. The van der Waals surface area contributed by atoms with E-state index in [1.54, 1.807) is 25.2 Å². The van der Waals surface area contributed by atoms with E-state index in [1.807, 2.05) is 6.07 Å². The standard InChI is InChI=1S/C15H13ClF3NO/c1-20-9-12-7-11(5-6-14(12)16)10-3-2-4-13(8-10)21-15(17,18)19/h2-8,20H,9H2,1H3. The van der Waals surface area contributed by atoms with Crippen molar-refractivity contribution in [3.05, 3.63) is 53.1 Å². The molecule has 0 radical (unpaired) electrons. The molecule has 0 spiro atoms.